The average molecular weight is 496 g/mol. The predicted octanol–water partition coefficient (Wildman–Crippen LogP) is 6.67. The summed E-state index contributed by atoms with van der Waals surface area (Å²) < 4.78 is 17.6. The second-order valence-corrected chi connectivity index (χ2v) is 10.4. The number of hydrogen-bond donors (Lipinski definition) is 0. The van der Waals surface area contributed by atoms with Gasteiger partial charge in [-0.15, -0.1) is 0 Å². The first kappa shape index (κ1) is 24.7. The van der Waals surface area contributed by atoms with Gasteiger partial charge in [-0.3, -0.25) is 4.79 Å². The molecule has 5 nitrogen and oxygen atoms in total. The lowest BCUT2D eigenvalue weighted by atomic mass is 9.92. The Morgan fingerprint density at radius 1 is 0.865 bits per heavy atom. The van der Waals surface area contributed by atoms with Crippen molar-refractivity contribution in [3.63, 3.8) is 0 Å². The van der Waals surface area contributed by atoms with Crippen LogP contribution in [0.2, 0.25) is 0 Å². The Morgan fingerprint density at radius 2 is 1.57 bits per heavy atom. The Kier molecular flexibility index (Phi) is 6.79. The van der Waals surface area contributed by atoms with Crippen LogP contribution >= 0.6 is 0 Å². The molecule has 4 aromatic rings. The van der Waals surface area contributed by atoms with Crippen LogP contribution in [0.3, 0.4) is 0 Å². The number of ether oxygens (including phenoxy) is 3. The van der Waals surface area contributed by atoms with Crippen LogP contribution in [0.5, 0.6) is 17.2 Å². The van der Waals surface area contributed by atoms with E-state index in [2.05, 4.69) is 6.07 Å². The number of carbonyl (C=O) groups excluding carboxylic acids is 1. The number of methoxy groups -OCH3 is 1. The minimum atomic E-state index is -0.261. The van der Waals surface area contributed by atoms with Gasteiger partial charge in [0.2, 0.25) is 0 Å². The first-order valence-corrected chi connectivity index (χ1v) is 12.7. The zero-order chi connectivity index (χ0) is 26.0. The van der Waals surface area contributed by atoms with E-state index in [1.165, 1.54) is 5.56 Å². The van der Waals surface area contributed by atoms with E-state index in [4.69, 9.17) is 14.2 Å². The molecular formula is C32H33NO4. The van der Waals surface area contributed by atoms with E-state index in [9.17, 15) is 4.79 Å². The van der Waals surface area contributed by atoms with Crippen molar-refractivity contribution >= 4 is 16.7 Å². The largest absolute Gasteiger partial charge is 0.497 e. The van der Waals surface area contributed by atoms with Crippen molar-refractivity contribution in [2.45, 2.75) is 45.4 Å². The smallest absolute Gasteiger partial charge is 0.255 e. The molecule has 0 saturated heterocycles. The van der Waals surface area contributed by atoms with Crippen LogP contribution < -0.4 is 14.2 Å². The summed E-state index contributed by atoms with van der Waals surface area (Å²) in [4.78, 5) is 15.9. The van der Waals surface area contributed by atoms with E-state index in [0.717, 1.165) is 33.6 Å². The van der Waals surface area contributed by atoms with Crippen molar-refractivity contribution in [1.29, 1.82) is 0 Å². The van der Waals surface area contributed by atoms with Gasteiger partial charge in [0.15, 0.2) is 0 Å². The van der Waals surface area contributed by atoms with E-state index in [0.29, 0.717) is 25.1 Å². The van der Waals surface area contributed by atoms with Crippen LogP contribution in [0.15, 0.2) is 84.9 Å². The van der Waals surface area contributed by atoms with Crippen LogP contribution in [-0.2, 0) is 13.0 Å². The van der Waals surface area contributed by atoms with Gasteiger partial charge in [0.05, 0.1) is 13.2 Å². The molecule has 1 aliphatic heterocycles. The summed E-state index contributed by atoms with van der Waals surface area (Å²) in [6.07, 6.45) is 0.709. The van der Waals surface area contributed by atoms with Crippen molar-refractivity contribution in [2.75, 3.05) is 13.7 Å². The van der Waals surface area contributed by atoms with E-state index in [-0.39, 0.29) is 17.6 Å². The summed E-state index contributed by atoms with van der Waals surface area (Å²) >= 11 is 0. The Hall–Kier alpha value is -3.99. The molecule has 0 radical (unpaired) electrons. The molecule has 1 atom stereocenters. The fourth-order valence-corrected chi connectivity index (χ4v) is 4.86. The third-order valence-electron chi connectivity index (χ3n) is 6.62. The number of benzene rings is 4. The average Bonchev–Trinajstić information content (AvgIpc) is 2.90. The zero-order valence-electron chi connectivity index (χ0n) is 21.9. The molecular weight excluding hydrogens is 462 g/mol. The van der Waals surface area contributed by atoms with E-state index < -0.39 is 0 Å². The van der Waals surface area contributed by atoms with Crippen LogP contribution in [0.25, 0.3) is 10.8 Å². The molecule has 0 fully saturated rings. The Balaban J connectivity index is 1.41. The normalized spacial score (nSPS) is 15.2. The highest BCUT2D eigenvalue weighted by Gasteiger charge is 2.32. The predicted molar refractivity (Wildman–Crippen MR) is 147 cm³/mol. The zero-order valence-corrected chi connectivity index (χ0v) is 21.9. The number of carbonyl (C=O) groups is 1. The van der Waals surface area contributed by atoms with Crippen molar-refractivity contribution in [2.24, 2.45) is 0 Å². The molecule has 0 bridgehead atoms. The molecule has 1 amide bonds. The topological polar surface area (TPSA) is 48.0 Å². The molecule has 4 aromatic carbocycles. The lowest BCUT2D eigenvalue weighted by molar-refractivity contribution is 0.0568. The molecule has 190 valence electrons. The summed E-state index contributed by atoms with van der Waals surface area (Å²) in [6, 6.07) is 27.6. The van der Waals surface area contributed by atoms with Crippen molar-refractivity contribution in [3.05, 3.63) is 102 Å². The molecule has 0 N–H and O–H groups in total. The molecule has 1 aliphatic rings. The molecule has 0 unspecified atom stereocenters. The second kappa shape index (κ2) is 10.2. The van der Waals surface area contributed by atoms with Gasteiger partial charge in [-0.2, -0.15) is 0 Å². The number of nitrogens with zero attached hydrogens (tertiary/aromatic N) is 1. The number of amides is 1. The lowest BCUT2D eigenvalue weighted by Crippen LogP contribution is -2.47. The first-order valence-electron chi connectivity index (χ1n) is 12.7. The van der Waals surface area contributed by atoms with Gasteiger partial charge >= 0.3 is 0 Å². The maximum Gasteiger partial charge on any atom is 0.255 e. The summed E-state index contributed by atoms with van der Waals surface area (Å²) in [5.41, 5.74) is 2.76. The Bertz CT molecular complexity index is 1400. The van der Waals surface area contributed by atoms with Gasteiger partial charge in [-0.25, -0.2) is 0 Å². The minimum absolute atomic E-state index is 0.00722. The lowest BCUT2D eigenvalue weighted by Gasteiger charge is -2.37. The molecule has 0 aliphatic carbocycles. The number of fused-ring (bicyclic) bond motifs is 2. The fourth-order valence-electron chi connectivity index (χ4n) is 4.86. The van der Waals surface area contributed by atoms with Crippen LogP contribution in [0.1, 0.15) is 42.3 Å². The van der Waals surface area contributed by atoms with Gasteiger partial charge < -0.3 is 19.1 Å². The maximum absolute atomic E-state index is 14.0. The van der Waals surface area contributed by atoms with Crippen LogP contribution in [-0.4, -0.2) is 36.2 Å². The van der Waals surface area contributed by atoms with Gasteiger partial charge in [0.1, 0.15) is 29.5 Å². The van der Waals surface area contributed by atoms with Crippen molar-refractivity contribution in [1.82, 2.24) is 4.90 Å². The standard InChI is InChI=1S/C32H33NO4/c1-32(2,3)37-27-16-14-26(15-17-27)36-21-25-18-23-12-13-28(35-4)19-24(23)20-33(25)31(34)30-11-7-9-22-8-5-6-10-29(22)30/h5-17,19,25H,18,20-21H2,1-4H3/t25-/m0/s1. The molecule has 1 heterocycles. The van der Waals surface area contributed by atoms with Crippen molar-refractivity contribution < 1.29 is 19.0 Å². The first-order chi connectivity index (χ1) is 17.8. The third kappa shape index (κ3) is 5.56. The van der Waals surface area contributed by atoms with E-state index in [1.54, 1.807) is 7.11 Å². The molecule has 0 saturated carbocycles. The molecule has 0 spiro atoms. The van der Waals surface area contributed by atoms with Gasteiger partial charge in [-0.05, 0) is 91.6 Å². The van der Waals surface area contributed by atoms with Crippen molar-refractivity contribution in [3.8, 4) is 17.2 Å². The molecule has 5 rings (SSSR count). The Morgan fingerprint density at radius 3 is 2.32 bits per heavy atom. The second-order valence-electron chi connectivity index (χ2n) is 10.4. The molecule has 5 heteroatoms. The minimum Gasteiger partial charge on any atom is -0.497 e. The number of rotatable bonds is 6. The highest BCUT2D eigenvalue weighted by atomic mass is 16.5. The molecule has 0 aromatic heterocycles. The van der Waals surface area contributed by atoms with Crippen LogP contribution in [0.4, 0.5) is 0 Å². The summed E-state index contributed by atoms with van der Waals surface area (Å²) in [5.74, 6) is 2.35. The highest BCUT2D eigenvalue weighted by molar-refractivity contribution is 6.07. The van der Waals surface area contributed by atoms with Gasteiger partial charge in [-0.1, -0.05) is 42.5 Å². The fraction of sp³-hybridized carbons (Fsp3) is 0.281. The van der Waals surface area contributed by atoms with E-state index >= 15 is 0 Å². The quantitative estimate of drug-likeness (QED) is 0.300. The van der Waals surface area contributed by atoms with E-state index in [1.807, 2.05) is 105 Å². The maximum atomic E-state index is 14.0. The monoisotopic (exact) mass is 495 g/mol. The van der Waals surface area contributed by atoms with Gasteiger partial charge in [0, 0.05) is 12.1 Å². The van der Waals surface area contributed by atoms with Crippen LogP contribution in [0, 0.1) is 0 Å². The highest BCUT2D eigenvalue weighted by Crippen LogP contribution is 2.30. The summed E-state index contributed by atoms with van der Waals surface area (Å²) in [5, 5.41) is 2.01. The summed E-state index contributed by atoms with van der Waals surface area (Å²) in [7, 11) is 1.66. The molecule has 37 heavy (non-hydrogen) atoms. The van der Waals surface area contributed by atoms with Gasteiger partial charge in [0.25, 0.3) is 5.91 Å². The third-order valence-corrected chi connectivity index (χ3v) is 6.62. The number of hydrogen-bond acceptors (Lipinski definition) is 4. The Labute approximate surface area is 218 Å². The summed E-state index contributed by atoms with van der Waals surface area (Å²) in [6.45, 7) is 6.96. The SMILES string of the molecule is COc1ccc2c(c1)CN(C(=O)c1cccc3ccccc13)[C@H](COc1ccc(OC(C)(C)C)cc1)C2.